The topological polar surface area (TPSA) is 122 Å². The monoisotopic (exact) mass is 221 g/mol. The number of nitrogens with zero attached hydrogens (tertiary/aromatic N) is 2. The lowest BCUT2D eigenvalue weighted by Crippen LogP contribution is -2.48. The molecule has 3 N–H and O–H groups in total. The fraction of sp³-hybridized carbons (Fsp3) is 0.556. The maximum Gasteiger partial charge on any atom is 0.316 e. The molecule has 1 unspecified atom stereocenters. The summed E-state index contributed by atoms with van der Waals surface area (Å²) in [7, 11) is 0. The normalized spacial score (nSPS) is 20.2. The summed E-state index contributed by atoms with van der Waals surface area (Å²) in [5.74, 6) is 0. The Morgan fingerprint density at radius 2 is 2.31 bits per heavy atom. The van der Waals surface area contributed by atoms with Crippen molar-refractivity contribution in [2.24, 2.45) is 0 Å². The smallest absolute Gasteiger partial charge is 0.316 e. The lowest BCUT2D eigenvalue weighted by atomic mass is 10.2. The number of nitrogens with one attached hydrogen (secondary N) is 3. The third-order valence-corrected chi connectivity index (χ3v) is 2.08. The van der Waals surface area contributed by atoms with Crippen molar-refractivity contribution < 1.29 is 9.53 Å². The number of hydrogen-bond donors (Lipinski definition) is 3. The van der Waals surface area contributed by atoms with Gasteiger partial charge in [-0.2, -0.15) is 10.5 Å². The van der Waals surface area contributed by atoms with Crippen LogP contribution in [0.4, 0.5) is 4.79 Å². The first kappa shape index (κ1) is 12.0. The maximum atomic E-state index is 11.4. The Labute approximate surface area is 92.5 Å². The molecule has 0 aromatic rings. The van der Waals surface area contributed by atoms with Crippen molar-refractivity contribution in [3.63, 3.8) is 0 Å². The first-order chi connectivity index (χ1) is 7.67. The maximum absolute atomic E-state index is 11.4. The summed E-state index contributed by atoms with van der Waals surface area (Å²) in [6.45, 7) is 1.04. The van der Waals surface area contributed by atoms with Gasteiger partial charge >= 0.3 is 6.03 Å². The Kier molecular flexibility index (Phi) is 4.25. The molecule has 7 heteroatoms. The van der Waals surface area contributed by atoms with Crippen molar-refractivity contribution in [1.29, 1.82) is 15.9 Å². The Morgan fingerprint density at radius 3 is 2.81 bits per heavy atom. The molecule has 2 atom stereocenters. The predicted molar refractivity (Wildman–Crippen MR) is 53.6 cm³/mol. The summed E-state index contributed by atoms with van der Waals surface area (Å²) in [6, 6.07) is 1.32. The van der Waals surface area contributed by atoms with Crippen LogP contribution in [0.1, 0.15) is 6.42 Å². The Hall–Kier alpha value is -2.12. The van der Waals surface area contributed by atoms with Crippen LogP contribution < -0.4 is 10.6 Å². The molecule has 0 radical (unpaired) electrons. The fourth-order valence-electron chi connectivity index (χ4n) is 1.24. The van der Waals surface area contributed by atoms with Crippen molar-refractivity contribution in [1.82, 2.24) is 10.6 Å². The molecule has 16 heavy (non-hydrogen) atoms. The highest BCUT2D eigenvalue weighted by Crippen LogP contribution is 2.02. The molecule has 1 heterocycles. The molecule has 0 spiro atoms. The number of urea groups is 1. The number of ether oxygens (including phenoxy) is 1. The Morgan fingerprint density at radius 1 is 1.56 bits per heavy atom. The van der Waals surface area contributed by atoms with E-state index in [1.807, 2.05) is 0 Å². The summed E-state index contributed by atoms with van der Waals surface area (Å²) in [6.07, 6.45) is 0.723. The molecule has 0 aromatic carbocycles. The van der Waals surface area contributed by atoms with E-state index >= 15 is 0 Å². The first-order valence-corrected chi connectivity index (χ1v) is 4.70. The first-order valence-electron chi connectivity index (χ1n) is 4.70. The van der Waals surface area contributed by atoms with Crippen LogP contribution in [0.5, 0.6) is 0 Å². The lowest BCUT2D eigenvalue weighted by molar-refractivity contribution is 0.188. The average Bonchev–Trinajstić information content (AvgIpc) is 2.77. The lowest BCUT2D eigenvalue weighted by Gasteiger charge is -2.13. The molecule has 1 saturated heterocycles. The second-order valence-electron chi connectivity index (χ2n) is 3.27. The second kappa shape index (κ2) is 5.69. The quantitative estimate of drug-likeness (QED) is 0.556. The molecule has 1 aliphatic rings. The van der Waals surface area contributed by atoms with Crippen LogP contribution in [0.25, 0.3) is 0 Å². The Balaban J connectivity index is 2.41. The summed E-state index contributed by atoms with van der Waals surface area (Å²) in [4.78, 5) is 11.4. The molecule has 84 valence electrons. The number of carbonyl (C=O) groups is 1. The van der Waals surface area contributed by atoms with E-state index in [-0.39, 0.29) is 6.04 Å². The van der Waals surface area contributed by atoms with Gasteiger partial charge in [0.05, 0.1) is 18.7 Å². The number of nitriles is 2. The Bertz CT molecular complexity index is 361. The fourth-order valence-corrected chi connectivity index (χ4v) is 1.24. The van der Waals surface area contributed by atoms with Gasteiger partial charge in [-0.1, -0.05) is 0 Å². The van der Waals surface area contributed by atoms with E-state index in [4.69, 9.17) is 20.7 Å². The van der Waals surface area contributed by atoms with Crippen molar-refractivity contribution in [2.75, 3.05) is 13.2 Å². The van der Waals surface area contributed by atoms with E-state index in [1.165, 1.54) is 6.07 Å². The van der Waals surface area contributed by atoms with Gasteiger partial charge in [-0.25, -0.2) is 4.79 Å². The highest BCUT2D eigenvalue weighted by Gasteiger charge is 2.21. The van der Waals surface area contributed by atoms with E-state index in [2.05, 4.69) is 10.6 Å². The van der Waals surface area contributed by atoms with E-state index < -0.39 is 17.8 Å². The minimum Gasteiger partial charge on any atom is -0.379 e. The van der Waals surface area contributed by atoms with E-state index in [0.29, 0.717) is 13.2 Å². The van der Waals surface area contributed by atoms with Gasteiger partial charge in [0.1, 0.15) is 11.8 Å². The van der Waals surface area contributed by atoms with Gasteiger partial charge in [-0.05, 0) is 6.42 Å². The van der Waals surface area contributed by atoms with E-state index in [9.17, 15) is 4.79 Å². The summed E-state index contributed by atoms with van der Waals surface area (Å²) in [5, 5.41) is 29.0. The van der Waals surface area contributed by atoms with Crippen LogP contribution in [-0.4, -0.2) is 37.0 Å². The zero-order chi connectivity index (χ0) is 12.0. The standard InChI is InChI=1S/C9H11N5O2/c10-3-7(12)8(4-11)14-9(15)13-6-1-2-16-5-6/h6,8,12H,1-2,5H2,(H2,13,14,15)/t6-,8?/m0/s1. The van der Waals surface area contributed by atoms with Gasteiger partial charge in [0.2, 0.25) is 0 Å². The third-order valence-electron chi connectivity index (χ3n) is 2.08. The highest BCUT2D eigenvalue weighted by atomic mass is 16.5. The predicted octanol–water partition coefficient (Wildman–Crippen LogP) is -0.490. The zero-order valence-electron chi connectivity index (χ0n) is 8.49. The molecule has 0 aliphatic carbocycles. The molecule has 1 rings (SSSR count). The third kappa shape index (κ3) is 3.23. The van der Waals surface area contributed by atoms with Crippen LogP contribution >= 0.6 is 0 Å². The van der Waals surface area contributed by atoms with Gasteiger partial charge in [0, 0.05) is 6.61 Å². The van der Waals surface area contributed by atoms with Gasteiger partial charge in [-0.15, -0.1) is 0 Å². The van der Waals surface area contributed by atoms with Crippen molar-refractivity contribution in [2.45, 2.75) is 18.5 Å². The van der Waals surface area contributed by atoms with Crippen molar-refractivity contribution >= 4 is 11.7 Å². The zero-order valence-corrected chi connectivity index (χ0v) is 8.49. The van der Waals surface area contributed by atoms with Crippen LogP contribution in [0.2, 0.25) is 0 Å². The molecule has 0 saturated carbocycles. The largest absolute Gasteiger partial charge is 0.379 e. The van der Waals surface area contributed by atoms with Crippen molar-refractivity contribution in [3.05, 3.63) is 0 Å². The van der Waals surface area contributed by atoms with Gasteiger partial charge in [0.15, 0.2) is 6.04 Å². The number of carbonyl (C=O) groups excluding carboxylic acids is 1. The number of hydrogen-bond acceptors (Lipinski definition) is 5. The van der Waals surface area contributed by atoms with Crippen LogP contribution in [0, 0.1) is 28.1 Å². The summed E-state index contributed by atoms with van der Waals surface area (Å²) in [5.41, 5.74) is -0.486. The van der Waals surface area contributed by atoms with Crippen LogP contribution in [0.3, 0.4) is 0 Å². The minimum absolute atomic E-state index is 0.0735. The summed E-state index contributed by atoms with van der Waals surface area (Å²) < 4.78 is 5.06. The van der Waals surface area contributed by atoms with Crippen LogP contribution in [0.15, 0.2) is 0 Å². The average molecular weight is 221 g/mol. The number of rotatable bonds is 3. The van der Waals surface area contributed by atoms with Gasteiger partial charge in [0.25, 0.3) is 0 Å². The molecule has 1 fully saturated rings. The highest BCUT2D eigenvalue weighted by molar-refractivity contribution is 6.03. The molecule has 0 bridgehead atoms. The minimum atomic E-state index is -1.20. The number of amides is 2. The van der Waals surface area contributed by atoms with E-state index in [1.54, 1.807) is 6.07 Å². The van der Waals surface area contributed by atoms with Crippen molar-refractivity contribution in [3.8, 4) is 12.1 Å². The second-order valence-corrected chi connectivity index (χ2v) is 3.27. The van der Waals surface area contributed by atoms with Crippen LogP contribution in [-0.2, 0) is 4.74 Å². The van der Waals surface area contributed by atoms with Gasteiger partial charge < -0.3 is 15.4 Å². The molecular weight excluding hydrogens is 210 g/mol. The molecule has 2 amide bonds. The van der Waals surface area contributed by atoms with E-state index in [0.717, 1.165) is 6.42 Å². The SMILES string of the molecule is N#CC(=N)C(C#N)NC(=O)N[C@H]1CCOC1. The molecule has 0 aromatic heterocycles. The molecular formula is C9H11N5O2. The summed E-state index contributed by atoms with van der Waals surface area (Å²) >= 11 is 0. The molecule has 1 aliphatic heterocycles. The molecule has 7 nitrogen and oxygen atoms in total. The van der Waals surface area contributed by atoms with Gasteiger partial charge in [-0.3, -0.25) is 5.41 Å².